The summed E-state index contributed by atoms with van der Waals surface area (Å²) < 4.78 is 5.76. The van der Waals surface area contributed by atoms with Crippen LogP contribution in [0.1, 0.15) is 24.0 Å². The van der Waals surface area contributed by atoms with Crippen LogP contribution in [0.15, 0.2) is 18.2 Å². The van der Waals surface area contributed by atoms with E-state index in [-0.39, 0.29) is 6.61 Å². The lowest BCUT2D eigenvalue weighted by atomic mass is 10.1. The van der Waals surface area contributed by atoms with Gasteiger partial charge in [0, 0.05) is 0 Å². The number of aliphatic hydroxyl groups is 1. The molecule has 0 saturated heterocycles. The monoisotopic (exact) mass is 238 g/mol. The highest BCUT2D eigenvalue weighted by Gasteiger charge is 1.99. The van der Waals surface area contributed by atoms with E-state index in [2.05, 4.69) is 37.4 Å². The molecule has 0 aliphatic rings. The van der Waals surface area contributed by atoms with Crippen LogP contribution in [0.3, 0.4) is 0 Å². The van der Waals surface area contributed by atoms with Gasteiger partial charge in [-0.25, -0.2) is 0 Å². The van der Waals surface area contributed by atoms with Crippen LogP contribution in [0.25, 0.3) is 0 Å². The molecule has 3 N–H and O–H groups in total. The molecular formula is C14H24NO2+. The molecule has 0 fully saturated rings. The molecule has 96 valence electrons. The normalized spacial score (nSPS) is 10.5. The summed E-state index contributed by atoms with van der Waals surface area (Å²) in [6, 6.07) is 6.29. The topological polar surface area (TPSA) is 46.1 Å². The SMILES string of the molecule is Cc1ccc(C)c(OCCCC[NH2+]CCO)c1. The number of aryl methyl sites for hydroxylation is 2. The fourth-order valence-electron chi connectivity index (χ4n) is 1.67. The lowest BCUT2D eigenvalue weighted by molar-refractivity contribution is -0.656. The maximum atomic E-state index is 8.62. The van der Waals surface area contributed by atoms with E-state index in [9.17, 15) is 0 Å². The fraction of sp³-hybridized carbons (Fsp3) is 0.571. The van der Waals surface area contributed by atoms with Crippen molar-refractivity contribution < 1.29 is 15.2 Å². The number of unbranched alkanes of at least 4 members (excludes halogenated alkanes) is 1. The molecule has 1 aromatic rings. The maximum absolute atomic E-state index is 8.62. The number of hydrogen-bond donors (Lipinski definition) is 2. The minimum absolute atomic E-state index is 0.263. The van der Waals surface area contributed by atoms with E-state index in [1.54, 1.807) is 0 Å². The van der Waals surface area contributed by atoms with Crippen LogP contribution >= 0.6 is 0 Å². The summed E-state index contributed by atoms with van der Waals surface area (Å²) in [6.07, 6.45) is 2.19. The predicted octanol–water partition coefficient (Wildman–Crippen LogP) is 1.02. The highest BCUT2D eigenvalue weighted by molar-refractivity contribution is 5.35. The van der Waals surface area contributed by atoms with Gasteiger partial charge < -0.3 is 15.2 Å². The first-order chi connectivity index (χ1) is 8.24. The molecule has 3 nitrogen and oxygen atoms in total. The van der Waals surface area contributed by atoms with E-state index in [1.807, 2.05) is 0 Å². The van der Waals surface area contributed by atoms with Gasteiger partial charge in [-0.3, -0.25) is 0 Å². The minimum Gasteiger partial charge on any atom is -0.493 e. The van der Waals surface area contributed by atoms with Crippen LogP contribution in [0.2, 0.25) is 0 Å². The number of benzene rings is 1. The van der Waals surface area contributed by atoms with Gasteiger partial charge in [0.15, 0.2) is 0 Å². The van der Waals surface area contributed by atoms with Gasteiger partial charge in [-0.1, -0.05) is 12.1 Å². The zero-order valence-electron chi connectivity index (χ0n) is 10.9. The van der Waals surface area contributed by atoms with E-state index in [4.69, 9.17) is 9.84 Å². The predicted molar refractivity (Wildman–Crippen MR) is 69.4 cm³/mol. The molecule has 3 heteroatoms. The van der Waals surface area contributed by atoms with Gasteiger partial charge in [0.1, 0.15) is 5.75 Å². The average molecular weight is 238 g/mol. The highest BCUT2D eigenvalue weighted by Crippen LogP contribution is 2.19. The van der Waals surface area contributed by atoms with Crippen molar-refractivity contribution in [3.63, 3.8) is 0 Å². The van der Waals surface area contributed by atoms with Crippen molar-refractivity contribution >= 4 is 0 Å². The molecule has 0 bridgehead atoms. The lowest BCUT2D eigenvalue weighted by Crippen LogP contribution is -2.85. The molecule has 0 aliphatic heterocycles. The zero-order chi connectivity index (χ0) is 12.5. The molecule has 1 aromatic carbocycles. The average Bonchev–Trinajstić information content (AvgIpc) is 2.32. The highest BCUT2D eigenvalue weighted by atomic mass is 16.5. The number of rotatable bonds is 8. The summed E-state index contributed by atoms with van der Waals surface area (Å²) >= 11 is 0. The van der Waals surface area contributed by atoms with E-state index >= 15 is 0 Å². The van der Waals surface area contributed by atoms with Crippen molar-refractivity contribution in [2.75, 3.05) is 26.3 Å². The van der Waals surface area contributed by atoms with Crippen LogP contribution in [-0.4, -0.2) is 31.4 Å². The third-order valence-electron chi connectivity index (χ3n) is 2.74. The first-order valence-electron chi connectivity index (χ1n) is 6.36. The number of ether oxygens (including phenoxy) is 1. The second kappa shape index (κ2) is 8.09. The van der Waals surface area contributed by atoms with Crippen molar-refractivity contribution in [1.29, 1.82) is 0 Å². The van der Waals surface area contributed by atoms with Crippen molar-refractivity contribution in [3.8, 4) is 5.75 Å². The molecule has 0 aromatic heterocycles. The summed E-state index contributed by atoms with van der Waals surface area (Å²) in [5, 5.41) is 10.8. The van der Waals surface area contributed by atoms with Gasteiger partial charge in [0.2, 0.25) is 0 Å². The Morgan fingerprint density at radius 1 is 1.18 bits per heavy atom. The second-order valence-electron chi connectivity index (χ2n) is 4.41. The van der Waals surface area contributed by atoms with Crippen LogP contribution < -0.4 is 10.1 Å². The lowest BCUT2D eigenvalue weighted by Gasteiger charge is -2.09. The number of aliphatic hydroxyl groups excluding tert-OH is 1. The molecule has 0 aliphatic carbocycles. The quantitative estimate of drug-likeness (QED) is 0.664. The third kappa shape index (κ3) is 5.71. The Balaban J connectivity index is 2.15. The smallest absolute Gasteiger partial charge is 0.122 e. The Morgan fingerprint density at radius 2 is 2.00 bits per heavy atom. The van der Waals surface area contributed by atoms with Gasteiger partial charge in [0.05, 0.1) is 26.3 Å². The molecule has 0 saturated carbocycles. The number of hydrogen-bond acceptors (Lipinski definition) is 2. The summed E-state index contributed by atoms with van der Waals surface area (Å²) in [5.74, 6) is 1.00. The van der Waals surface area contributed by atoms with Gasteiger partial charge >= 0.3 is 0 Å². The fourth-order valence-corrected chi connectivity index (χ4v) is 1.67. The largest absolute Gasteiger partial charge is 0.493 e. The minimum atomic E-state index is 0.263. The van der Waals surface area contributed by atoms with Gasteiger partial charge in [-0.05, 0) is 43.9 Å². The van der Waals surface area contributed by atoms with Gasteiger partial charge in [-0.2, -0.15) is 0 Å². The summed E-state index contributed by atoms with van der Waals surface area (Å²) in [5.41, 5.74) is 2.43. The molecule has 0 amide bonds. The first-order valence-corrected chi connectivity index (χ1v) is 6.36. The van der Waals surface area contributed by atoms with Crippen LogP contribution in [-0.2, 0) is 0 Å². The Kier molecular flexibility index (Phi) is 6.67. The number of nitrogens with two attached hydrogens (primary N) is 1. The van der Waals surface area contributed by atoms with Crippen LogP contribution in [0.4, 0.5) is 0 Å². The van der Waals surface area contributed by atoms with Crippen molar-refractivity contribution in [2.45, 2.75) is 26.7 Å². The van der Waals surface area contributed by atoms with E-state index in [0.717, 1.165) is 38.3 Å². The molecule has 1 rings (SSSR count). The molecule has 0 unspecified atom stereocenters. The second-order valence-corrected chi connectivity index (χ2v) is 4.41. The molecule has 0 atom stereocenters. The summed E-state index contributed by atoms with van der Waals surface area (Å²) in [6.45, 7) is 7.06. The Morgan fingerprint density at radius 3 is 2.76 bits per heavy atom. The molecule has 0 spiro atoms. The Labute approximate surface area is 104 Å². The van der Waals surface area contributed by atoms with Crippen molar-refractivity contribution in [2.24, 2.45) is 0 Å². The van der Waals surface area contributed by atoms with Crippen molar-refractivity contribution in [1.82, 2.24) is 0 Å². The van der Waals surface area contributed by atoms with E-state index in [1.165, 1.54) is 11.1 Å². The first kappa shape index (κ1) is 14.0. The summed E-state index contributed by atoms with van der Waals surface area (Å²) in [4.78, 5) is 0. The molecule has 17 heavy (non-hydrogen) atoms. The molecular weight excluding hydrogens is 214 g/mol. The molecule has 0 heterocycles. The third-order valence-corrected chi connectivity index (χ3v) is 2.74. The maximum Gasteiger partial charge on any atom is 0.122 e. The zero-order valence-corrected chi connectivity index (χ0v) is 10.9. The summed E-state index contributed by atoms with van der Waals surface area (Å²) in [7, 11) is 0. The van der Waals surface area contributed by atoms with Gasteiger partial charge in [0.25, 0.3) is 0 Å². The van der Waals surface area contributed by atoms with Crippen LogP contribution in [0.5, 0.6) is 5.75 Å². The Bertz CT molecular complexity index is 326. The Hall–Kier alpha value is -1.06. The number of quaternary nitrogens is 1. The van der Waals surface area contributed by atoms with E-state index in [0.29, 0.717) is 0 Å². The van der Waals surface area contributed by atoms with E-state index < -0.39 is 0 Å². The van der Waals surface area contributed by atoms with Gasteiger partial charge in [-0.15, -0.1) is 0 Å². The van der Waals surface area contributed by atoms with Crippen molar-refractivity contribution in [3.05, 3.63) is 29.3 Å². The standard InChI is InChI=1S/C14H23NO2/c1-12-5-6-13(2)14(11-12)17-10-4-3-7-15-8-9-16/h5-6,11,15-16H,3-4,7-10H2,1-2H3/p+1. The van der Waals surface area contributed by atoms with Crippen LogP contribution in [0, 0.1) is 13.8 Å². The molecule has 0 radical (unpaired) electrons.